The van der Waals surface area contributed by atoms with Gasteiger partial charge in [-0.15, -0.1) is 11.8 Å². The number of hydrogen-bond acceptors (Lipinski definition) is 5. The van der Waals surface area contributed by atoms with Gasteiger partial charge < -0.3 is 4.52 Å². The molecule has 6 heteroatoms. The summed E-state index contributed by atoms with van der Waals surface area (Å²) in [6.07, 6.45) is 0.524. The Morgan fingerprint density at radius 3 is 2.94 bits per heavy atom. The van der Waals surface area contributed by atoms with Gasteiger partial charge in [-0.3, -0.25) is 4.79 Å². The van der Waals surface area contributed by atoms with Crippen LogP contribution in [-0.2, 0) is 5.75 Å². The highest BCUT2D eigenvalue weighted by Crippen LogP contribution is 2.28. The maximum absolute atomic E-state index is 10.3. The second-order valence-corrected chi connectivity index (χ2v) is 4.31. The molecule has 0 amide bonds. The van der Waals surface area contributed by atoms with Gasteiger partial charge in [-0.1, -0.05) is 28.9 Å². The highest BCUT2D eigenvalue weighted by molar-refractivity contribution is 7.98. The molecule has 4 nitrogen and oxygen atoms in total. The summed E-state index contributed by atoms with van der Waals surface area (Å²) in [5, 5.41) is 4.34. The molecule has 0 bridgehead atoms. The van der Waals surface area contributed by atoms with Crippen LogP contribution in [0.15, 0.2) is 33.7 Å². The van der Waals surface area contributed by atoms with Crippen LogP contribution in [0.5, 0.6) is 0 Å². The van der Waals surface area contributed by atoms with Crippen molar-refractivity contribution < 1.29 is 9.32 Å². The van der Waals surface area contributed by atoms with E-state index in [1.54, 1.807) is 0 Å². The van der Waals surface area contributed by atoms with Crippen LogP contribution in [0.1, 0.15) is 16.5 Å². The summed E-state index contributed by atoms with van der Waals surface area (Å²) in [6, 6.07) is 7.50. The van der Waals surface area contributed by atoms with Crippen molar-refractivity contribution in [3.05, 3.63) is 41.0 Å². The minimum atomic E-state index is -0.00485. The lowest BCUT2D eigenvalue weighted by atomic mass is 10.4. The zero-order valence-corrected chi connectivity index (χ0v) is 9.66. The lowest BCUT2D eigenvalue weighted by Gasteiger charge is -2.00. The zero-order valence-electron chi connectivity index (χ0n) is 8.09. The molecule has 0 aliphatic heterocycles. The Morgan fingerprint density at radius 2 is 2.25 bits per heavy atom. The van der Waals surface area contributed by atoms with Crippen molar-refractivity contribution in [2.75, 3.05) is 0 Å². The molecule has 0 N–H and O–H groups in total. The Labute approximate surface area is 101 Å². The summed E-state index contributed by atoms with van der Waals surface area (Å²) in [5.74, 6) is 0.989. The molecule has 1 heterocycles. The molecular weight excluding hydrogens is 248 g/mol. The molecule has 2 rings (SSSR count). The van der Waals surface area contributed by atoms with Crippen molar-refractivity contribution in [2.24, 2.45) is 0 Å². The van der Waals surface area contributed by atoms with Gasteiger partial charge in [0.2, 0.25) is 6.29 Å². The number of rotatable bonds is 4. The van der Waals surface area contributed by atoms with Crippen LogP contribution in [0, 0.1) is 0 Å². The molecule has 0 unspecified atom stereocenters. The molecule has 1 aromatic carbocycles. The summed E-state index contributed by atoms with van der Waals surface area (Å²) < 4.78 is 4.66. The smallest absolute Gasteiger partial charge is 0.290 e. The van der Waals surface area contributed by atoms with Crippen LogP contribution in [-0.4, -0.2) is 16.4 Å². The second kappa shape index (κ2) is 5.14. The fraction of sp³-hybridized carbons (Fsp3) is 0.100. The van der Waals surface area contributed by atoms with Crippen molar-refractivity contribution in [3.8, 4) is 0 Å². The summed E-state index contributed by atoms with van der Waals surface area (Å²) in [4.78, 5) is 15.1. The minimum absolute atomic E-state index is 0.00485. The van der Waals surface area contributed by atoms with E-state index < -0.39 is 0 Å². The van der Waals surface area contributed by atoms with Gasteiger partial charge in [0.15, 0.2) is 5.82 Å². The Hall–Kier alpha value is -1.33. The van der Waals surface area contributed by atoms with E-state index in [-0.39, 0.29) is 5.89 Å². The van der Waals surface area contributed by atoms with Crippen LogP contribution in [0.3, 0.4) is 0 Å². The third-order valence-corrected chi connectivity index (χ3v) is 3.29. The van der Waals surface area contributed by atoms with E-state index in [4.69, 9.17) is 11.6 Å². The Kier molecular flexibility index (Phi) is 3.58. The molecule has 0 aliphatic rings. The SMILES string of the molecule is O=Cc1nc(CSc2ccccc2Cl)no1. The van der Waals surface area contributed by atoms with Gasteiger partial charge in [0.1, 0.15) is 0 Å². The van der Waals surface area contributed by atoms with Gasteiger partial charge in [0.25, 0.3) is 5.89 Å². The van der Waals surface area contributed by atoms with Gasteiger partial charge in [0.05, 0.1) is 10.8 Å². The molecule has 0 spiro atoms. The number of carbonyl (C=O) groups is 1. The molecule has 2 aromatic rings. The molecular formula is C10H7ClN2O2S. The maximum Gasteiger partial charge on any atom is 0.290 e. The number of halogens is 1. The van der Waals surface area contributed by atoms with E-state index in [0.717, 1.165) is 4.90 Å². The molecule has 1 aromatic heterocycles. The van der Waals surface area contributed by atoms with Crippen molar-refractivity contribution in [1.29, 1.82) is 0 Å². The first-order valence-electron chi connectivity index (χ1n) is 4.44. The van der Waals surface area contributed by atoms with Crippen LogP contribution >= 0.6 is 23.4 Å². The van der Waals surface area contributed by atoms with Crippen LogP contribution in [0.4, 0.5) is 0 Å². The average molecular weight is 255 g/mol. The standard InChI is InChI=1S/C10H7ClN2O2S/c11-7-3-1-2-4-8(7)16-6-9-12-10(5-14)15-13-9/h1-5H,6H2. The molecule has 0 saturated carbocycles. The van der Waals surface area contributed by atoms with Crippen LogP contribution < -0.4 is 0 Å². The lowest BCUT2D eigenvalue weighted by molar-refractivity contribution is 0.108. The highest BCUT2D eigenvalue weighted by Gasteiger charge is 2.06. The lowest BCUT2D eigenvalue weighted by Crippen LogP contribution is -1.85. The number of hydrogen-bond donors (Lipinski definition) is 0. The largest absolute Gasteiger partial charge is 0.331 e. The fourth-order valence-corrected chi connectivity index (χ4v) is 2.16. The van der Waals surface area contributed by atoms with Crippen LogP contribution in [0.2, 0.25) is 5.02 Å². The second-order valence-electron chi connectivity index (χ2n) is 2.89. The summed E-state index contributed by atoms with van der Waals surface area (Å²) in [7, 11) is 0. The minimum Gasteiger partial charge on any atom is -0.331 e. The quantitative estimate of drug-likeness (QED) is 0.620. The maximum atomic E-state index is 10.3. The number of carbonyl (C=O) groups excluding carboxylic acids is 1. The van der Waals surface area contributed by atoms with Crippen molar-refractivity contribution in [3.63, 3.8) is 0 Å². The van der Waals surface area contributed by atoms with Gasteiger partial charge in [-0.25, -0.2) is 0 Å². The molecule has 16 heavy (non-hydrogen) atoms. The Morgan fingerprint density at radius 1 is 1.44 bits per heavy atom. The van der Waals surface area contributed by atoms with E-state index >= 15 is 0 Å². The zero-order chi connectivity index (χ0) is 11.4. The predicted molar refractivity (Wildman–Crippen MR) is 60.7 cm³/mol. The van der Waals surface area contributed by atoms with Gasteiger partial charge >= 0.3 is 0 Å². The molecule has 0 aliphatic carbocycles. The van der Waals surface area contributed by atoms with Gasteiger partial charge in [-0.2, -0.15) is 4.98 Å². The molecule has 0 saturated heterocycles. The first-order valence-corrected chi connectivity index (χ1v) is 5.81. The van der Waals surface area contributed by atoms with Gasteiger partial charge in [0, 0.05) is 4.90 Å². The van der Waals surface area contributed by atoms with E-state index in [0.29, 0.717) is 22.9 Å². The van der Waals surface area contributed by atoms with E-state index in [1.165, 1.54) is 11.8 Å². The average Bonchev–Trinajstić information content (AvgIpc) is 2.76. The summed E-state index contributed by atoms with van der Waals surface area (Å²) in [5.41, 5.74) is 0. The van der Waals surface area contributed by atoms with E-state index in [1.807, 2.05) is 24.3 Å². The van der Waals surface area contributed by atoms with Crippen molar-refractivity contribution in [2.45, 2.75) is 10.6 Å². The monoisotopic (exact) mass is 254 g/mol. The molecule has 0 radical (unpaired) electrons. The molecule has 82 valence electrons. The number of nitrogens with zero attached hydrogens (tertiary/aromatic N) is 2. The molecule has 0 atom stereocenters. The normalized spacial score (nSPS) is 10.3. The Balaban J connectivity index is 2.02. The number of thioether (sulfide) groups is 1. The predicted octanol–water partition coefficient (Wildman–Crippen LogP) is 2.83. The third-order valence-electron chi connectivity index (χ3n) is 1.78. The topological polar surface area (TPSA) is 56.0 Å². The highest BCUT2D eigenvalue weighted by atomic mass is 35.5. The van der Waals surface area contributed by atoms with E-state index in [2.05, 4.69) is 14.7 Å². The van der Waals surface area contributed by atoms with Crippen LogP contribution in [0.25, 0.3) is 0 Å². The fourth-order valence-electron chi connectivity index (χ4n) is 1.08. The van der Waals surface area contributed by atoms with E-state index in [9.17, 15) is 4.79 Å². The third kappa shape index (κ3) is 2.62. The molecule has 0 fully saturated rings. The number of aromatic nitrogens is 2. The summed E-state index contributed by atoms with van der Waals surface area (Å²) in [6.45, 7) is 0. The van der Waals surface area contributed by atoms with Crippen molar-refractivity contribution >= 4 is 29.6 Å². The van der Waals surface area contributed by atoms with Crippen molar-refractivity contribution in [1.82, 2.24) is 10.1 Å². The Bertz CT molecular complexity index is 501. The first-order chi connectivity index (χ1) is 7.79. The number of benzene rings is 1. The van der Waals surface area contributed by atoms with Gasteiger partial charge in [-0.05, 0) is 12.1 Å². The number of aldehydes is 1. The summed E-state index contributed by atoms with van der Waals surface area (Å²) >= 11 is 7.47. The first kappa shape index (κ1) is 11.2.